The van der Waals surface area contributed by atoms with Crippen LogP contribution in [0.3, 0.4) is 0 Å². The molecule has 0 unspecified atom stereocenters. The highest BCUT2D eigenvalue weighted by Crippen LogP contribution is 2.22. The molecule has 0 bridgehead atoms. The van der Waals surface area contributed by atoms with Crippen molar-refractivity contribution in [1.82, 2.24) is 10.6 Å². The second-order valence-electron chi connectivity index (χ2n) is 5.67. The van der Waals surface area contributed by atoms with Crippen LogP contribution in [0.5, 0.6) is 0 Å². The van der Waals surface area contributed by atoms with Crippen LogP contribution >= 0.6 is 0 Å². The first-order valence-corrected chi connectivity index (χ1v) is 7.58. The van der Waals surface area contributed by atoms with Crippen molar-refractivity contribution in [2.24, 2.45) is 4.99 Å². The fourth-order valence-corrected chi connectivity index (χ4v) is 3.04. The maximum Gasteiger partial charge on any atom is 0.191 e. The second-order valence-corrected chi connectivity index (χ2v) is 5.67. The summed E-state index contributed by atoms with van der Waals surface area (Å²) in [4.78, 5) is 4.31. The van der Waals surface area contributed by atoms with Gasteiger partial charge in [-0.25, -0.2) is 0 Å². The molecule has 0 saturated heterocycles. The van der Waals surface area contributed by atoms with Gasteiger partial charge in [0.1, 0.15) is 0 Å². The number of rotatable bonds is 3. The first kappa shape index (κ1) is 13.2. The van der Waals surface area contributed by atoms with E-state index in [0.717, 1.165) is 25.3 Å². The molecular formula is C17H23N3. The smallest absolute Gasteiger partial charge is 0.191 e. The summed E-state index contributed by atoms with van der Waals surface area (Å²) in [5.74, 6) is 0.902. The molecule has 1 aromatic rings. The Balaban J connectivity index is 1.55. The SMILES string of the molecule is CN=C(NCc1ccc2c(c1)CCC2)NC1CC=CC1. The Kier molecular flexibility index (Phi) is 4.05. The average Bonchev–Trinajstić information content (AvgIpc) is 3.13. The zero-order valence-electron chi connectivity index (χ0n) is 12.2. The molecule has 0 amide bonds. The monoisotopic (exact) mass is 269 g/mol. The first-order chi connectivity index (χ1) is 9.85. The highest BCUT2D eigenvalue weighted by Gasteiger charge is 2.13. The van der Waals surface area contributed by atoms with Gasteiger partial charge < -0.3 is 10.6 Å². The van der Waals surface area contributed by atoms with Crippen molar-refractivity contribution < 1.29 is 0 Å². The van der Waals surface area contributed by atoms with Crippen molar-refractivity contribution >= 4 is 5.96 Å². The van der Waals surface area contributed by atoms with Gasteiger partial charge in [-0.15, -0.1) is 0 Å². The average molecular weight is 269 g/mol. The molecule has 0 atom stereocenters. The van der Waals surface area contributed by atoms with Crippen molar-refractivity contribution in [2.45, 2.75) is 44.7 Å². The molecule has 0 spiro atoms. The van der Waals surface area contributed by atoms with Gasteiger partial charge in [-0.1, -0.05) is 30.4 Å². The third-order valence-electron chi connectivity index (χ3n) is 4.20. The van der Waals surface area contributed by atoms with Gasteiger partial charge in [-0.3, -0.25) is 4.99 Å². The minimum atomic E-state index is 0.501. The van der Waals surface area contributed by atoms with E-state index in [2.05, 4.69) is 46.0 Å². The Morgan fingerprint density at radius 1 is 1.20 bits per heavy atom. The van der Waals surface area contributed by atoms with E-state index in [0.29, 0.717) is 6.04 Å². The number of aryl methyl sites for hydroxylation is 2. The van der Waals surface area contributed by atoms with E-state index in [-0.39, 0.29) is 0 Å². The molecule has 0 radical (unpaired) electrons. The van der Waals surface area contributed by atoms with Crippen LogP contribution < -0.4 is 10.6 Å². The molecule has 2 aliphatic carbocycles. The van der Waals surface area contributed by atoms with E-state index in [1.54, 1.807) is 0 Å². The highest BCUT2D eigenvalue weighted by atomic mass is 15.2. The third kappa shape index (κ3) is 3.03. The summed E-state index contributed by atoms with van der Waals surface area (Å²) in [6.07, 6.45) is 10.4. The maximum absolute atomic E-state index is 4.31. The third-order valence-corrected chi connectivity index (χ3v) is 4.20. The molecule has 0 heterocycles. The van der Waals surface area contributed by atoms with Crippen LogP contribution in [-0.2, 0) is 19.4 Å². The summed E-state index contributed by atoms with van der Waals surface area (Å²) in [5.41, 5.74) is 4.42. The summed E-state index contributed by atoms with van der Waals surface area (Å²) in [5, 5.41) is 6.88. The van der Waals surface area contributed by atoms with Crippen LogP contribution in [0.2, 0.25) is 0 Å². The lowest BCUT2D eigenvalue weighted by Gasteiger charge is -2.17. The molecule has 3 rings (SSSR count). The van der Waals surface area contributed by atoms with Crippen molar-refractivity contribution in [1.29, 1.82) is 0 Å². The molecule has 0 fully saturated rings. The van der Waals surface area contributed by atoms with E-state index >= 15 is 0 Å². The molecule has 1 aromatic carbocycles. The van der Waals surface area contributed by atoms with Crippen molar-refractivity contribution in [3.8, 4) is 0 Å². The lowest BCUT2D eigenvalue weighted by Crippen LogP contribution is -2.42. The Hall–Kier alpha value is -1.77. The maximum atomic E-state index is 4.31. The molecule has 0 aromatic heterocycles. The number of nitrogens with one attached hydrogen (secondary N) is 2. The lowest BCUT2D eigenvalue weighted by molar-refractivity contribution is 0.633. The van der Waals surface area contributed by atoms with Crippen molar-refractivity contribution in [2.75, 3.05) is 7.05 Å². The Labute approximate surface area is 121 Å². The van der Waals surface area contributed by atoms with E-state index in [1.807, 2.05) is 7.05 Å². The van der Waals surface area contributed by atoms with E-state index in [9.17, 15) is 0 Å². The number of aliphatic imine (C=N–C) groups is 1. The fourth-order valence-electron chi connectivity index (χ4n) is 3.04. The normalized spacial score (nSPS) is 18.4. The predicted octanol–water partition coefficient (Wildman–Crippen LogP) is 2.56. The van der Waals surface area contributed by atoms with E-state index in [4.69, 9.17) is 0 Å². The molecule has 2 N–H and O–H groups in total. The van der Waals surface area contributed by atoms with Gasteiger partial charge in [-0.2, -0.15) is 0 Å². The van der Waals surface area contributed by atoms with Crippen LogP contribution in [-0.4, -0.2) is 19.0 Å². The summed E-state index contributed by atoms with van der Waals surface area (Å²) < 4.78 is 0. The van der Waals surface area contributed by atoms with Gasteiger partial charge >= 0.3 is 0 Å². The first-order valence-electron chi connectivity index (χ1n) is 7.58. The molecular weight excluding hydrogens is 246 g/mol. The number of fused-ring (bicyclic) bond motifs is 1. The summed E-state index contributed by atoms with van der Waals surface area (Å²) in [7, 11) is 1.83. The van der Waals surface area contributed by atoms with Crippen LogP contribution in [0.15, 0.2) is 35.3 Å². The Bertz CT molecular complexity index is 523. The second kappa shape index (κ2) is 6.12. The Morgan fingerprint density at radius 3 is 2.80 bits per heavy atom. The summed E-state index contributed by atoms with van der Waals surface area (Å²) in [6.45, 7) is 0.840. The summed E-state index contributed by atoms with van der Waals surface area (Å²) in [6, 6.07) is 7.37. The topological polar surface area (TPSA) is 36.4 Å². The highest BCUT2D eigenvalue weighted by molar-refractivity contribution is 5.80. The Morgan fingerprint density at radius 2 is 2.00 bits per heavy atom. The molecule has 0 saturated carbocycles. The van der Waals surface area contributed by atoms with Crippen molar-refractivity contribution in [3.05, 3.63) is 47.0 Å². The number of nitrogens with zero attached hydrogens (tertiary/aromatic N) is 1. The number of benzene rings is 1. The number of guanidine groups is 1. The van der Waals surface area contributed by atoms with Crippen LogP contribution in [0, 0.1) is 0 Å². The van der Waals surface area contributed by atoms with Crippen LogP contribution in [0.4, 0.5) is 0 Å². The lowest BCUT2D eigenvalue weighted by atomic mass is 10.1. The van der Waals surface area contributed by atoms with Crippen LogP contribution in [0.25, 0.3) is 0 Å². The van der Waals surface area contributed by atoms with Gasteiger partial charge in [-0.05, 0) is 48.8 Å². The van der Waals surface area contributed by atoms with Gasteiger partial charge in [0.05, 0.1) is 0 Å². The predicted molar refractivity (Wildman–Crippen MR) is 84.0 cm³/mol. The van der Waals surface area contributed by atoms with Crippen LogP contribution in [0.1, 0.15) is 36.0 Å². The molecule has 0 aliphatic heterocycles. The zero-order valence-corrected chi connectivity index (χ0v) is 12.2. The fraction of sp³-hybridized carbons (Fsp3) is 0.471. The minimum Gasteiger partial charge on any atom is -0.353 e. The minimum absolute atomic E-state index is 0.501. The standard InChI is InChI=1S/C17H23N3/c1-18-17(20-16-7-2-3-8-16)19-12-13-9-10-14-5-4-6-15(14)11-13/h2-3,9-11,16H,4-8,12H2,1H3,(H2,18,19,20). The van der Waals surface area contributed by atoms with Gasteiger partial charge in [0.15, 0.2) is 5.96 Å². The van der Waals surface area contributed by atoms with E-state index in [1.165, 1.54) is 36.0 Å². The van der Waals surface area contributed by atoms with Gasteiger partial charge in [0.25, 0.3) is 0 Å². The molecule has 2 aliphatic rings. The van der Waals surface area contributed by atoms with Gasteiger partial charge in [0.2, 0.25) is 0 Å². The molecule has 3 heteroatoms. The molecule has 20 heavy (non-hydrogen) atoms. The molecule has 3 nitrogen and oxygen atoms in total. The van der Waals surface area contributed by atoms with Gasteiger partial charge in [0, 0.05) is 19.6 Å². The largest absolute Gasteiger partial charge is 0.353 e. The van der Waals surface area contributed by atoms with Crippen molar-refractivity contribution in [3.63, 3.8) is 0 Å². The number of hydrogen-bond donors (Lipinski definition) is 2. The number of hydrogen-bond acceptors (Lipinski definition) is 1. The van der Waals surface area contributed by atoms with E-state index < -0.39 is 0 Å². The quantitative estimate of drug-likeness (QED) is 0.502. The molecule has 106 valence electrons. The summed E-state index contributed by atoms with van der Waals surface area (Å²) >= 11 is 0. The zero-order chi connectivity index (χ0) is 13.8.